The van der Waals surface area contributed by atoms with E-state index < -0.39 is 0 Å². The Kier molecular flexibility index (Phi) is 11.4. The van der Waals surface area contributed by atoms with Crippen LogP contribution in [0.4, 0.5) is 5.69 Å². The number of guanidine groups is 1. The lowest BCUT2D eigenvalue weighted by atomic mass is 10.1. The topological polar surface area (TPSA) is 82.3 Å². The fourth-order valence-corrected chi connectivity index (χ4v) is 2.91. The maximum absolute atomic E-state index is 8.85. The van der Waals surface area contributed by atoms with E-state index in [-0.39, 0.29) is 0 Å². The Bertz CT molecular complexity index is 728. The molecule has 0 amide bonds. The fraction of sp³-hybridized carbons (Fsp3) is 0.435. The Labute approximate surface area is 174 Å². The summed E-state index contributed by atoms with van der Waals surface area (Å²) in [5, 5.41) is 14.6. The van der Waals surface area contributed by atoms with Gasteiger partial charge in [-0.3, -0.25) is 10.3 Å². The second-order valence-electron chi connectivity index (χ2n) is 6.82. The second-order valence-corrected chi connectivity index (χ2v) is 6.82. The molecule has 1 aromatic carbocycles. The van der Waals surface area contributed by atoms with Gasteiger partial charge in [0.25, 0.3) is 0 Å². The molecule has 2 N–H and O–H groups in total. The smallest absolute Gasteiger partial charge is 0.209 e. The number of rotatable bonds is 13. The van der Waals surface area contributed by atoms with Crippen LogP contribution in [0.1, 0.15) is 51.4 Å². The molecule has 2 aromatic rings. The average Bonchev–Trinajstić information content (AvgIpc) is 2.76. The van der Waals surface area contributed by atoms with Gasteiger partial charge in [-0.2, -0.15) is 5.26 Å². The number of unbranched alkanes of at least 4 members (excludes halogenated alkanes) is 7. The maximum atomic E-state index is 8.85. The lowest BCUT2D eigenvalue weighted by Gasteiger charge is -2.08. The van der Waals surface area contributed by atoms with Crippen molar-refractivity contribution in [3.05, 3.63) is 54.9 Å². The van der Waals surface area contributed by atoms with Gasteiger partial charge in [0, 0.05) is 18.9 Å². The minimum atomic E-state index is 0.483. The molecule has 2 rings (SSSR count). The molecular formula is C23H31N5O. The van der Waals surface area contributed by atoms with Crippen LogP contribution in [0.3, 0.4) is 0 Å². The Hall–Kier alpha value is -3.07. The number of hydrogen-bond acceptors (Lipinski definition) is 4. The Morgan fingerprint density at radius 2 is 1.55 bits per heavy atom. The normalized spacial score (nSPS) is 10.9. The van der Waals surface area contributed by atoms with Crippen LogP contribution >= 0.6 is 0 Å². The third kappa shape index (κ3) is 10.7. The number of ether oxygens (including phenoxy) is 1. The Morgan fingerprint density at radius 3 is 2.24 bits per heavy atom. The summed E-state index contributed by atoms with van der Waals surface area (Å²) in [6.45, 7) is 1.60. The molecule has 29 heavy (non-hydrogen) atoms. The first-order chi connectivity index (χ1) is 14.4. The molecule has 0 aliphatic heterocycles. The van der Waals surface area contributed by atoms with Crippen LogP contribution in [-0.4, -0.2) is 24.1 Å². The average molecular weight is 394 g/mol. The molecule has 6 nitrogen and oxygen atoms in total. The van der Waals surface area contributed by atoms with Crippen LogP contribution < -0.4 is 15.4 Å². The highest BCUT2D eigenvalue weighted by Crippen LogP contribution is 2.11. The van der Waals surface area contributed by atoms with Crippen molar-refractivity contribution in [1.29, 1.82) is 5.26 Å². The first-order valence-corrected chi connectivity index (χ1v) is 10.4. The van der Waals surface area contributed by atoms with E-state index in [1.165, 1.54) is 38.5 Å². The number of pyridine rings is 1. The van der Waals surface area contributed by atoms with Crippen LogP contribution in [0.5, 0.6) is 5.75 Å². The van der Waals surface area contributed by atoms with E-state index in [0.717, 1.165) is 37.4 Å². The largest absolute Gasteiger partial charge is 0.494 e. The molecule has 154 valence electrons. The summed E-state index contributed by atoms with van der Waals surface area (Å²) in [6.07, 6.45) is 14.9. The number of nitrogens with one attached hydrogen (secondary N) is 2. The van der Waals surface area contributed by atoms with Gasteiger partial charge < -0.3 is 10.1 Å². The molecule has 0 aliphatic carbocycles. The number of hydrogen-bond donors (Lipinski definition) is 2. The molecule has 6 heteroatoms. The zero-order valence-corrected chi connectivity index (χ0v) is 17.0. The van der Waals surface area contributed by atoms with Crippen molar-refractivity contribution in [2.24, 2.45) is 4.99 Å². The molecule has 0 saturated carbocycles. The first kappa shape index (κ1) is 22.2. The standard InChI is InChI=1S/C23H31N5O/c24-20-27-23(28-21-14-17-25-18-15-21)26-16-10-5-3-1-2-4-6-11-19-29-22-12-8-7-9-13-22/h7-9,12-15,17-18H,1-6,10-11,16,19H2,(H2,25,26,27,28). The third-order valence-electron chi connectivity index (χ3n) is 4.45. The van der Waals surface area contributed by atoms with E-state index in [1.807, 2.05) is 36.5 Å². The molecule has 0 unspecified atom stereocenters. The van der Waals surface area contributed by atoms with Crippen molar-refractivity contribution < 1.29 is 4.74 Å². The fourth-order valence-electron chi connectivity index (χ4n) is 2.91. The number of aromatic nitrogens is 1. The minimum absolute atomic E-state index is 0.483. The molecular weight excluding hydrogens is 362 g/mol. The van der Waals surface area contributed by atoms with Crippen LogP contribution in [-0.2, 0) is 0 Å². The van der Waals surface area contributed by atoms with E-state index in [2.05, 4.69) is 20.6 Å². The minimum Gasteiger partial charge on any atom is -0.494 e. The molecule has 0 atom stereocenters. The quantitative estimate of drug-likeness (QED) is 0.166. The summed E-state index contributed by atoms with van der Waals surface area (Å²) in [4.78, 5) is 8.33. The maximum Gasteiger partial charge on any atom is 0.209 e. The molecule has 1 heterocycles. The molecule has 0 fully saturated rings. The monoisotopic (exact) mass is 393 g/mol. The molecule has 0 aliphatic rings. The van der Waals surface area contributed by atoms with Gasteiger partial charge in [-0.1, -0.05) is 56.7 Å². The highest BCUT2D eigenvalue weighted by molar-refractivity contribution is 5.83. The Balaban J connectivity index is 1.43. The zero-order chi connectivity index (χ0) is 20.4. The van der Waals surface area contributed by atoms with Gasteiger partial charge in [-0.15, -0.1) is 0 Å². The SMILES string of the molecule is N#CN/C(=N\c1ccncc1)NCCCCCCCCCCOc1ccccc1. The molecule has 0 saturated heterocycles. The van der Waals surface area contributed by atoms with E-state index >= 15 is 0 Å². The number of para-hydroxylation sites is 1. The van der Waals surface area contributed by atoms with E-state index in [4.69, 9.17) is 10.00 Å². The van der Waals surface area contributed by atoms with Crippen molar-refractivity contribution in [1.82, 2.24) is 15.6 Å². The van der Waals surface area contributed by atoms with Gasteiger partial charge >= 0.3 is 0 Å². The molecule has 0 bridgehead atoms. The van der Waals surface area contributed by atoms with Crippen molar-refractivity contribution in [2.45, 2.75) is 51.4 Å². The van der Waals surface area contributed by atoms with E-state index in [1.54, 1.807) is 24.5 Å². The number of benzene rings is 1. The number of nitriles is 1. The van der Waals surface area contributed by atoms with Crippen molar-refractivity contribution in [3.8, 4) is 11.9 Å². The Morgan fingerprint density at radius 1 is 0.897 bits per heavy atom. The van der Waals surface area contributed by atoms with Gasteiger partial charge in [-0.05, 0) is 37.1 Å². The summed E-state index contributed by atoms with van der Waals surface area (Å²) in [7, 11) is 0. The van der Waals surface area contributed by atoms with Gasteiger partial charge in [0.15, 0.2) is 6.19 Å². The molecule has 0 spiro atoms. The predicted octanol–water partition coefficient (Wildman–Crippen LogP) is 4.93. The van der Waals surface area contributed by atoms with E-state index in [0.29, 0.717) is 5.96 Å². The summed E-state index contributed by atoms with van der Waals surface area (Å²) in [5.41, 5.74) is 0.763. The second kappa shape index (κ2) is 14.9. The molecule has 0 radical (unpaired) electrons. The lowest BCUT2D eigenvalue weighted by molar-refractivity contribution is 0.304. The van der Waals surface area contributed by atoms with Gasteiger partial charge in [0.1, 0.15) is 5.75 Å². The third-order valence-corrected chi connectivity index (χ3v) is 4.45. The first-order valence-electron chi connectivity index (χ1n) is 10.4. The van der Waals surface area contributed by atoms with Crippen molar-refractivity contribution in [3.63, 3.8) is 0 Å². The van der Waals surface area contributed by atoms with Crippen molar-refractivity contribution in [2.75, 3.05) is 13.2 Å². The number of aliphatic imine (C=N–C) groups is 1. The van der Waals surface area contributed by atoms with Crippen LogP contribution in [0.25, 0.3) is 0 Å². The van der Waals surface area contributed by atoms with Crippen LogP contribution in [0.2, 0.25) is 0 Å². The van der Waals surface area contributed by atoms with Gasteiger partial charge in [-0.25, -0.2) is 4.99 Å². The van der Waals surface area contributed by atoms with E-state index in [9.17, 15) is 0 Å². The van der Waals surface area contributed by atoms with Crippen molar-refractivity contribution >= 4 is 11.6 Å². The van der Waals surface area contributed by atoms with Crippen LogP contribution in [0.15, 0.2) is 59.9 Å². The summed E-state index contributed by atoms with van der Waals surface area (Å²) >= 11 is 0. The zero-order valence-electron chi connectivity index (χ0n) is 17.0. The highest BCUT2D eigenvalue weighted by atomic mass is 16.5. The van der Waals surface area contributed by atoms with Gasteiger partial charge in [0.2, 0.25) is 5.96 Å². The predicted molar refractivity (Wildman–Crippen MR) is 117 cm³/mol. The summed E-state index contributed by atoms with van der Waals surface area (Å²) < 4.78 is 5.71. The van der Waals surface area contributed by atoms with Gasteiger partial charge in [0.05, 0.1) is 12.3 Å². The highest BCUT2D eigenvalue weighted by Gasteiger charge is 1.99. The van der Waals surface area contributed by atoms with Crippen LogP contribution in [0, 0.1) is 11.5 Å². The molecule has 1 aromatic heterocycles. The summed E-state index contributed by atoms with van der Waals surface area (Å²) in [5.74, 6) is 1.44. The summed E-state index contributed by atoms with van der Waals surface area (Å²) in [6, 6.07) is 13.6. The number of nitrogens with zero attached hydrogens (tertiary/aromatic N) is 3. The lowest BCUT2D eigenvalue weighted by Crippen LogP contribution is -2.34.